The van der Waals surface area contributed by atoms with Crippen LogP contribution in [0.4, 0.5) is 0 Å². The van der Waals surface area contributed by atoms with Crippen LogP contribution in [-0.2, 0) is 20.9 Å². The fraction of sp³-hybridized carbons (Fsp3) is 0.294. The molecule has 0 saturated carbocycles. The first kappa shape index (κ1) is 18.2. The summed E-state index contributed by atoms with van der Waals surface area (Å²) in [6, 6.07) is 7.85. The van der Waals surface area contributed by atoms with Crippen molar-refractivity contribution in [1.82, 2.24) is 4.90 Å². The molecule has 0 radical (unpaired) electrons. The molecule has 0 aliphatic carbocycles. The predicted molar refractivity (Wildman–Crippen MR) is 96.5 cm³/mol. The van der Waals surface area contributed by atoms with Crippen LogP contribution in [0.25, 0.3) is 0 Å². The molecule has 1 fully saturated rings. The Morgan fingerprint density at radius 2 is 2.16 bits per heavy atom. The molecule has 1 aromatic carbocycles. The molecule has 2 heterocycles. The topological polar surface area (TPSA) is 59.8 Å². The Kier molecular flexibility index (Phi) is 5.61. The van der Waals surface area contributed by atoms with Gasteiger partial charge in [0.05, 0.1) is 6.26 Å². The van der Waals surface area contributed by atoms with E-state index in [0.717, 1.165) is 0 Å². The van der Waals surface area contributed by atoms with Crippen molar-refractivity contribution in [3.63, 3.8) is 0 Å². The maximum atomic E-state index is 12.5. The van der Waals surface area contributed by atoms with Crippen LogP contribution < -0.4 is 0 Å². The maximum absolute atomic E-state index is 12.5. The number of hydrogen-bond acceptors (Lipinski definition) is 5. The van der Waals surface area contributed by atoms with Crippen LogP contribution in [0.5, 0.6) is 0 Å². The van der Waals surface area contributed by atoms with Gasteiger partial charge in [-0.25, -0.2) is 4.79 Å². The Hall–Kier alpha value is -1.63. The lowest BCUT2D eigenvalue weighted by Gasteiger charge is -2.25. The predicted octanol–water partition coefficient (Wildman–Crippen LogP) is 4.29. The molecule has 2 atom stereocenters. The zero-order valence-electron chi connectivity index (χ0n) is 13.3. The second-order valence-corrected chi connectivity index (χ2v) is 7.44. The Morgan fingerprint density at radius 1 is 1.36 bits per heavy atom. The van der Waals surface area contributed by atoms with Gasteiger partial charge in [-0.15, -0.1) is 11.8 Å². The summed E-state index contributed by atoms with van der Waals surface area (Å²) in [6.45, 7) is 1.45. The minimum absolute atomic E-state index is 0.0210. The molecule has 1 aliphatic heterocycles. The van der Waals surface area contributed by atoms with Crippen molar-refractivity contribution in [2.75, 3.05) is 5.75 Å². The SMILES string of the molecule is CC(=O)N1[C@H](C(=O)OCc2ccc(Cl)cc2Cl)CS[C@H]1c1ccco1. The average molecular weight is 400 g/mol. The highest BCUT2D eigenvalue weighted by molar-refractivity contribution is 7.99. The van der Waals surface area contributed by atoms with Gasteiger partial charge < -0.3 is 14.1 Å². The zero-order valence-corrected chi connectivity index (χ0v) is 15.6. The molecule has 0 unspecified atom stereocenters. The number of ether oxygens (including phenoxy) is 1. The van der Waals surface area contributed by atoms with Crippen molar-refractivity contribution in [3.8, 4) is 0 Å². The van der Waals surface area contributed by atoms with Crippen LogP contribution in [0.15, 0.2) is 41.0 Å². The molecule has 0 N–H and O–H groups in total. The molecule has 0 bridgehead atoms. The van der Waals surface area contributed by atoms with Crippen molar-refractivity contribution < 1.29 is 18.7 Å². The van der Waals surface area contributed by atoms with Crippen LogP contribution in [0, 0.1) is 0 Å². The Morgan fingerprint density at radius 3 is 2.80 bits per heavy atom. The summed E-state index contributed by atoms with van der Waals surface area (Å²) in [7, 11) is 0. The molecule has 2 aromatic rings. The van der Waals surface area contributed by atoms with E-state index in [0.29, 0.717) is 27.1 Å². The summed E-state index contributed by atoms with van der Waals surface area (Å²) in [5.74, 6) is 0.398. The minimum Gasteiger partial charge on any atom is -0.466 e. The van der Waals surface area contributed by atoms with Crippen LogP contribution in [0.1, 0.15) is 23.6 Å². The molecule has 8 heteroatoms. The number of nitrogens with zero attached hydrogens (tertiary/aromatic N) is 1. The molecule has 1 saturated heterocycles. The molecule has 5 nitrogen and oxygen atoms in total. The number of halogens is 2. The summed E-state index contributed by atoms with van der Waals surface area (Å²) >= 11 is 13.4. The van der Waals surface area contributed by atoms with Crippen LogP contribution in [0.3, 0.4) is 0 Å². The second-order valence-electron chi connectivity index (χ2n) is 5.49. The van der Waals surface area contributed by atoms with E-state index in [4.69, 9.17) is 32.4 Å². The summed E-state index contributed by atoms with van der Waals surface area (Å²) < 4.78 is 10.8. The Balaban J connectivity index is 1.69. The number of furan rings is 1. The number of carbonyl (C=O) groups excluding carboxylic acids is 2. The van der Waals surface area contributed by atoms with E-state index in [2.05, 4.69) is 0 Å². The fourth-order valence-corrected chi connectivity index (χ4v) is 4.49. The first-order valence-corrected chi connectivity index (χ1v) is 9.32. The number of rotatable bonds is 4. The Labute approximate surface area is 159 Å². The van der Waals surface area contributed by atoms with E-state index in [1.54, 1.807) is 36.6 Å². The lowest BCUT2D eigenvalue weighted by molar-refractivity contribution is -0.154. The van der Waals surface area contributed by atoms with Gasteiger partial charge >= 0.3 is 5.97 Å². The number of hydrogen-bond donors (Lipinski definition) is 0. The smallest absolute Gasteiger partial charge is 0.330 e. The van der Waals surface area contributed by atoms with Gasteiger partial charge in [0.15, 0.2) is 0 Å². The summed E-state index contributed by atoms with van der Waals surface area (Å²) in [6.07, 6.45) is 1.54. The maximum Gasteiger partial charge on any atom is 0.330 e. The van der Waals surface area contributed by atoms with Gasteiger partial charge in [0.25, 0.3) is 0 Å². The molecule has 1 amide bonds. The van der Waals surface area contributed by atoms with Crippen molar-refractivity contribution in [2.45, 2.75) is 24.9 Å². The van der Waals surface area contributed by atoms with Crippen molar-refractivity contribution >= 4 is 46.8 Å². The second kappa shape index (κ2) is 7.72. The molecule has 132 valence electrons. The van der Waals surface area contributed by atoms with Gasteiger partial charge in [0, 0.05) is 28.3 Å². The van der Waals surface area contributed by atoms with Crippen molar-refractivity contribution in [2.24, 2.45) is 0 Å². The third-order valence-electron chi connectivity index (χ3n) is 3.81. The summed E-state index contributed by atoms with van der Waals surface area (Å²) in [5, 5.41) is 0.610. The fourth-order valence-electron chi connectivity index (χ4n) is 2.61. The number of benzene rings is 1. The van der Waals surface area contributed by atoms with E-state index in [9.17, 15) is 9.59 Å². The monoisotopic (exact) mass is 399 g/mol. The van der Waals surface area contributed by atoms with Crippen molar-refractivity contribution in [1.29, 1.82) is 0 Å². The summed E-state index contributed by atoms with van der Waals surface area (Å²) in [5.41, 5.74) is 0.655. The highest BCUT2D eigenvalue weighted by Gasteiger charge is 2.43. The van der Waals surface area contributed by atoms with E-state index < -0.39 is 12.0 Å². The molecule has 1 aromatic heterocycles. The van der Waals surface area contributed by atoms with Gasteiger partial charge in [-0.05, 0) is 24.3 Å². The highest BCUT2D eigenvalue weighted by atomic mass is 35.5. The third kappa shape index (κ3) is 3.97. The molecule has 1 aliphatic rings. The Bertz CT molecular complexity index is 781. The molecule has 3 rings (SSSR count). The highest BCUT2D eigenvalue weighted by Crippen LogP contribution is 2.41. The van der Waals surface area contributed by atoms with Gasteiger partial charge in [-0.1, -0.05) is 29.3 Å². The molecular formula is C17H15Cl2NO4S. The van der Waals surface area contributed by atoms with Gasteiger partial charge in [0.1, 0.15) is 23.8 Å². The summed E-state index contributed by atoms with van der Waals surface area (Å²) in [4.78, 5) is 26.1. The molecule has 0 spiro atoms. The van der Waals surface area contributed by atoms with Crippen LogP contribution >= 0.6 is 35.0 Å². The van der Waals surface area contributed by atoms with Crippen molar-refractivity contribution in [3.05, 3.63) is 58.0 Å². The molecular weight excluding hydrogens is 385 g/mol. The van der Waals surface area contributed by atoms with Crippen LogP contribution in [0.2, 0.25) is 10.0 Å². The third-order valence-corrected chi connectivity index (χ3v) is 5.68. The largest absolute Gasteiger partial charge is 0.466 e. The normalized spacial score (nSPS) is 19.9. The van der Waals surface area contributed by atoms with E-state index in [-0.39, 0.29) is 17.9 Å². The van der Waals surface area contributed by atoms with Crippen LogP contribution in [-0.4, -0.2) is 28.6 Å². The average Bonchev–Trinajstić information content (AvgIpc) is 3.22. The lowest BCUT2D eigenvalue weighted by Crippen LogP contribution is -2.42. The van der Waals surface area contributed by atoms with Gasteiger partial charge in [-0.2, -0.15) is 0 Å². The quantitative estimate of drug-likeness (QED) is 0.717. The van der Waals surface area contributed by atoms with Gasteiger partial charge in [-0.3, -0.25) is 4.79 Å². The van der Waals surface area contributed by atoms with E-state index in [1.807, 2.05) is 0 Å². The first-order chi connectivity index (χ1) is 12.0. The van der Waals surface area contributed by atoms with E-state index in [1.165, 1.54) is 23.6 Å². The lowest BCUT2D eigenvalue weighted by atomic mass is 10.2. The number of esters is 1. The van der Waals surface area contributed by atoms with E-state index >= 15 is 0 Å². The number of thioether (sulfide) groups is 1. The zero-order chi connectivity index (χ0) is 18.0. The standard InChI is InChI=1S/C17H15Cl2NO4S/c1-10(21)20-14(9-25-16(20)15-3-2-6-23-15)17(22)24-8-11-4-5-12(18)7-13(11)19/h2-7,14,16H,8-9H2,1H3/t14-,16-/m0/s1. The number of amides is 1. The first-order valence-electron chi connectivity index (χ1n) is 7.52. The molecule has 25 heavy (non-hydrogen) atoms. The number of carbonyl (C=O) groups is 2. The van der Waals surface area contributed by atoms with Gasteiger partial charge in [0.2, 0.25) is 5.91 Å². The minimum atomic E-state index is -0.663.